The van der Waals surface area contributed by atoms with E-state index in [9.17, 15) is 14.4 Å². The van der Waals surface area contributed by atoms with Crippen molar-refractivity contribution in [1.82, 2.24) is 5.43 Å². The number of hydrazone groups is 1. The van der Waals surface area contributed by atoms with Crippen LogP contribution in [-0.4, -0.2) is 29.1 Å². The zero-order chi connectivity index (χ0) is 20.8. The normalized spacial score (nSPS) is 10.7. The summed E-state index contributed by atoms with van der Waals surface area (Å²) >= 11 is 0. The molecule has 0 saturated carbocycles. The molecular formula is C21H17N3O5. The van der Waals surface area contributed by atoms with E-state index in [2.05, 4.69) is 15.8 Å². The van der Waals surface area contributed by atoms with Crippen molar-refractivity contribution >= 4 is 29.7 Å². The van der Waals surface area contributed by atoms with Crippen LogP contribution in [0.3, 0.4) is 0 Å². The summed E-state index contributed by atoms with van der Waals surface area (Å²) < 4.78 is 5.62. The van der Waals surface area contributed by atoms with Gasteiger partial charge in [-0.1, -0.05) is 12.1 Å². The molecule has 0 unspecified atom stereocenters. The molecule has 8 nitrogen and oxygen atoms in total. The molecule has 0 fully saturated rings. The molecule has 0 aliphatic carbocycles. The number of carbonyl (C=O) groups excluding carboxylic acids is 2. The second-order valence-corrected chi connectivity index (χ2v) is 6.04. The number of anilines is 1. The molecule has 8 heteroatoms. The molecule has 3 N–H and O–H groups in total. The Balaban J connectivity index is 1.60. The predicted octanol–water partition coefficient (Wildman–Crippen LogP) is 3.37. The smallest absolute Gasteiger partial charge is 0.335 e. The van der Waals surface area contributed by atoms with Crippen molar-refractivity contribution in [3.63, 3.8) is 0 Å². The molecule has 1 aromatic heterocycles. The SMILES string of the molecule is CC(=O)Nc1ccc(C(=O)NN=Cc2ccc(-c3ccc(C(=O)O)cc3)o2)cc1. The lowest BCUT2D eigenvalue weighted by Crippen LogP contribution is -2.17. The van der Waals surface area contributed by atoms with Crippen LogP contribution in [0.15, 0.2) is 70.2 Å². The molecule has 1 heterocycles. The van der Waals surface area contributed by atoms with Gasteiger partial charge in [-0.05, 0) is 48.5 Å². The summed E-state index contributed by atoms with van der Waals surface area (Å²) in [7, 11) is 0. The Hall–Kier alpha value is -4.20. The number of carboxylic acid groups (broad SMARTS) is 1. The molecule has 146 valence electrons. The van der Waals surface area contributed by atoms with E-state index in [4.69, 9.17) is 9.52 Å². The molecule has 0 bridgehead atoms. The summed E-state index contributed by atoms with van der Waals surface area (Å²) in [5.74, 6) is -0.634. The first-order chi connectivity index (χ1) is 13.9. The third-order valence-corrected chi connectivity index (χ3v) is 3.87. The van der Waals surface area contributed by atoms with Crippen LogP contribution in [0.4, 0.5) is 5.69 Å². The molecule has 0 aliphatic heterocycles. The minimum Gasteiger partial charge on any atom is -0.478 e. The van der Waals surface area contributed by atoms with Crippen LogP contribution in [0, 0.1) is 0 Å². The van der Waals surface area contributed by atoms with E-state index in [1.54, 1.807) is 48.5 Å². The van der Waals surface area contributed by atoms with Crippen molar-refractivity contribution in [3.05, 3.63) is 77.6 Å². The van der Waals surface area contributed by atoms with Gasteiger partial charge in [0.1, 0.15) is 11.5 Å². The maximum atomic E-state index is 12.1. The maximum Gasteiger partial charge on any atom is 0.335 e. The van der Waals surface area contributed by atoms with Crippen LogP contribution in [0.25, 0.3) is 11.3 Å². The number of furan rings is 1. The highest BCUT2D eigenvalue weighted by Gasteiger charge is 2.07. The van der Waals surface area contributed by atoms with Gasteiger partial charge < -0.3 is 14.8 Å². The Morgan fingerprint density at radius 1 is 0.931 bits per heavy atom. The summed E-state index contributed by atoms with van der Waals surface area (Å²) in [6, 6.07) is 16.1. The lowest BCUT2D eigenvalue weighted by Gasteiger charge is -2.03. The first-order valence-corrected chi connectivity index (χ1v) is 8.57. The summed E-state index contributed by atoms with van der Waals surface area (Å²) in [6.07, 6.45) is 1.36. The fourth-order valence-corrected chi connectivity index (χ4v) is 2.48. The fraction of sp³-hybridized carbons (Fsp3) is 0.0476. The van der Waals surface area contributed by atoms with E-state index >= 15 is 0 Å². The largest absolute Gasteiger partial charge is 0.478 e. The number of carboxylic acids is 1. The van der Waals surface area contributed by atoms with Crippen molar-refractivity contribution in [2.45, 2.75) is 6.92 Å². The van der Waals surface area contributed by atoms with Gasteiger partial charge in [0.25, 0.3) is 5.91 Å². The number of benzene rings is 2. The number of nitrogens with zero attached hydrogens (tertiary/aromatic N) is 1. The minimum absolute atomic E-state index is 0.190. The molecule has 0 spiro atoms. The first kappa shape index (κ1) is 19.6. The van der Waals surface area contributed by atoms with Gasteiger partial charge in [-0.15, -0.1) is 0 Å². The fourth-order valence-electron chi connectivity index (χ4n) is 2.48. The monoisotopic (exact) mass is 391 g/mol. The van der Waals surface area contributed by atoms with Gasteiger partial charge in [0.05, 0.1) is 11.8 Å². The van der Waals surface area contributed by atoms with Gasteiger partial charge in [0.2, 0.25) is 5.91 Å². The molecular weight excluding hydrogens is 374 g/mol. The number of amides is 2. The number of nitrogens with one attached hydrogen (secondary N) is 2. The van der Waals surface area contributed by atoms with Crippen LogP contribution in [-0.2, 0) is 4.79 Å². The van der Waals surface area contributed by atoms with Crippen LogP contribution in [0.5, 0.6) is 0 Å². The number of rotatable bonds is 6. The van der Waals surface area contributed by atoms with Gasteiger partial charge >= 0.3 is 5.97 Å². The van der Waals surface area contributed by atoms with Crippen LogP contribution >= 0.6 is 0 Å². The lowest BCUT2D eigenvalue weighted by molar-refractivity contribution is -0.114. The van der Waals surface area contributed by atoms with E-state index in [-0.39, 0.29) is 11.5 Å². The van der Waals surface area contributed by atoms with Crippen molar-refractivity contribution in [2.75, 3.05) is 5.32 Å². The number of aromatic carboxylic acids is 1. The zero-order valence-corrected chi connectivity index (χ0v) is 15.4. The lowest BCUT2D eigenvalue weighted by atomic mass is 10.1. The van der Waals surface area contributed by atoms with Gasteiger partial charge in [0, 0.05) is 23.7 Å². The van der Waals surface area contributed by atoms with Gasteiger partial charge in [-0.25, -0.2) is 10.2 Å². The van der Waals surface area contributed by atoms with Gasteiger partial charge in [-0.3, -0.25) is 9.59 Å². The minimum atomic E-state index is -0.996. The van der Waals surface area contributed by atoms with Crippen LogP contribution < -0.4 is 10.7 Å². The molecule has 2 aromatic carbocycles. The highest BCUT2D eigenvalue weighted by atomic mass is 16.4. The van der Waals surface area contributed by atoms with Gasteiger partial charge in [-0.2, -0.15) is 5.10 Å². The molecule has 0 atom stereocenters. The summed E-state index contributed by atoms with van der Waals surface area (Å²) in [4.78, 5) is 34.0. The van der Waals surface area contributed by atoms with Gasteiger partial charge in [0.15, 0.2) is 0 Å². The first-order valence-electron chi connectivity index (χ1n) is 8.57. The van der Waals surface area contributed by atoms with E-state index < -0.39 is 11.9 Å². The average molecular weight is 391 g/mol. The van der Waals surface area contributed by atoms with Crippen molar-refractivity contribution in [1.29, 1.82) is 0 Å². The van der Waals surface area contributed by atoms with Crippen molar-refractivity contribution < 1.29 is 23.9 Å². The zero-order valence-electron chi connectivity index (χ0n) is 15.4. The van der Waals surface area contributed by atoms with E-state index in [0.717, 1.165) is 5.56 Å². The third-order valence-electron chi connectivity index (χ3n) is 3.87. The quantitative estimate of drug-likeness (QED) is 0.439. The Morgan fingerprint density at radius 2 is 1.59 bits per heavy atom. The summed E-state index contributed by atoms with van der Waals surface area (Å²) in [6.45, 7) is 1.40. The average Bonchev–Trinajstić information content (AvgIpc) is 3.17. The van der Waals surface area contributed by atoms with Crippen LogP contribution in [0.2, 0.25) is 0 Å². The Bertz CT molecular complexity index is 1070. The molecule has 0 aliphatic rings. The topological polar surface area (TPSA) is 121 Å². The molecule has 29 heavy (non-hydrogen) atoms. The second kappa shape index (κ2) is 8.66. The Kier molecular flexibility index (Phi) is 5.84. The van der Waals surface area contributed by atoms with E-state index in [1.165, 1.54) is 25.3 Å². The molecule has 2 amide bonds. The second-order valence-electron chi connectivity index (χ2n) is 6.04. The summed E-state index contributed by atoms with van der Waals surface area (Å²) in [5.41, 5.74) is 4.28. The van der Waals surface area contributed by atoms with E-state index in [0.29, 0.717) is 22.8 Å². The van der Waals surface area contributed by atoms with Crippen LogP contribution in [0.1, 0.15) is 33.4 Å². The Labute approximate surface area is 165 Å². The number of hydrogen-bond donors (Lipinski definition) is 3. The molecule has 0 saturated heterocycles. The van der Waals surface area contributed by atoms with Crippen molar-refractivity contribution in [3.8, 4) is 11.3 Å². The van der Waals surface area contributed by atoms with E-state index in [1.807, 2.05) is 0 Å². The maximum absolute atomic E-state index is 12.1. The standard InChI is InChI=1S/C21H17N3O5/c1-13(25)23-17-8-6-15(7-9-17)20(26)24-22-12-18-10-11-19(29-18)14-2-4-16(5-3-14)21(27)28/h2-12H,1H3,(H,23,25)(H,24,26)(H,27,28). The highest BCUT2D eigenvalue weighted by molar-refractivity contribution is 5.96. The van der Waals surface area contributed by atoms with Crippen molar-refractivity contribution in [2.24, 2.45) is 5.10 Å². The third kappa shape index (κ3) is 5.16. The number of carbonyl (C=O) groups is 3. The highest BCUT2D eigenvalue weighted by Crippen LogP contribution is 2.22. The molecule has 0 radical (unpaired) electrons. The summed E-state index contributed by atoms with van der Waals surface area (Å²) in [5, 5.41) is 15.4. The molecule has 3 rings (SSSR count). The molecule has 3 aromatic rings. The predicted molar refractivity (Wildman–Crippen MR) is 107 cm³/mol. The number of hydrogen-bond acceptors (Lipinski definition) is 5. The Morgan fingerprint density at radius 3 is 2.21 bits per heavy atom.